The van der Waals surface area contributed by atoms with Gasteiger partial charge in [-0.15, -0.1) is 16.4 Å². The number of benzene rings is 2. The number of hydrogen-bond donors (Lipinski definition) is 0. The lowest BCUT2D eigenvalue weighted by molar-refractivity contribution is 0.201. The van der Waals surface area contributed by atoms with Crippen LogP contribution in [0.2, 0.25) is 0 Å². The van der Waals surface area contributed by atoms with E-state index in [-0.39, 0.29) is 6.04 Å². The minimum Gasteiger partial charge on any atom is -0.369 e. The third kappa shape index (κ3) is 4.56. The maximum atomic E-state index is 4.53. The van der Waals surface area contributed by atoms with Crippen molar-refractivity contribution in [2.24, 2.45) is 0 Å². The van der Waals surface area contributed by atoms with Crippen molar-refractivity contribution in [3.05, 3.63) is 92.9 Å². The number of tetrazole rings is 1. The molecule has 0 N–H and O–H groups in total. The molecule has 1 aliphatic heterocycles. The minimum absolute atomic E-state index is 0.0290. The largest absolute Gasteiger partial charge is 0.369 e. The predicted molar refractivity (Wildman–Crippen MR) is 134 cm³/mol. The molecule has 2 aromatic carbocycles. The molecule has 0 spiro atoms. The zero-order valence-electron chi connectivity index (χ0n) is 19.5. The highest BCUT2D eigenvalue weighted by atomic mass is 32.1. The van der Waals surface area contributed by atoms with Crippen LogP contribution in [0.3, 0.4) is 0 Å². The number of rotatable bonds is 6. The molecule has 1 atom stereocenters. The van der Waals surface area contributed by atoms with E-state index in [1.165, 1.54) is 32.8 Å². The van der Waals surface area contributed by atoms with Crippen molar-refractivity contribution in [1.29, 1.82) is 0 Å². The lowest BCUT2D eigenvalue weighted by Gasteiger charge is -2.40. The Kier molecular flexibility index (Phi) is 6.24. The molecule has 0 aliphatic carbocycles. The average Bonchev–Trinajstić information content (AvgIpc) is 3.51. The van der Waals surface area contributed by atoms with E-state index in [1.54, 1.807) is 11.3 Å². The van der Waals surface area contributed by atoms with Gasteiger partial charge in [-0.25, -0.2) is 4.68 Å². The first-order valence-electron chi connectivity index (χ1n) is 11.5. The third-order valence-electron chi connectivity index (χ3n) is 6.68. The summed E-state index contributed by atoms with van der Waals surface area (Å²) in [6.45, 7) is 11.1. The normalized spacial score (nSPS) is 15.7. The molecule has 5 rings (SSSR count). The summed E-state index contributed by atoms with van der Waals surface area (Å²) >= 11 is 1.74. The molecule has 4 aromatic rings. The fraction of sp³-hybridized carbons (Fsp3) is 0.346. The standard InChI is InChI=1S/C26H30N6S/c1-19-9-11-22(12-10-19)25(26-27-28-29-32(26)18-23-7-5-17-33-23)31-15-13-30(14-16-31)24-8-4-6-20(2)21(24)3/h4-12,17,25H,13-16,18H2,1-3H3/t25-/m0/s1. The van der Waals surface area contributed by atoms with Crippen LogP contribution in [-0.2, 0) is 6.54 Å². The van der Waals surface area contributed by atoms with Gasteiger partial charge in [0.25, 0.3) is 0 Å². The van der Waals surface area contributed by atoms with E-state index < -0.39 is 0 Å². The van der Waals surface area contributed by atoms with Crippen LogP contribution >= 0.6 is 11.3 Å². The summed E-state index contributed by atoms with van der Waals surface area (Å²) in [6.07, 6.45) is 0. The zero-order valence-corrected chi connectivity index (χ0v) is 20.3. The maximum Gasteiger partial charge on any atom is 0.173 e. The molecule has 1 aliphatic rings. The lowest BCUT2D eigenvalue weighted by atomic mass is 10.0. The summed E-state index contributed by atoms with van der Waals surface area (Å²) in [4.78, 5) is 6.30. The highest BCUT2D eigenvalue weighted by Crippen LogP contribution is 2.31. The Labute approximate surface area is 199 Å². The van der Waals surface area contributed by atoms with E-state index in [4.69, 9.17) is 0 Å². The van der Waals surface area contributed by atoms with Crippen molar-refractivity contribution in [2.75, 3.05) is 31.1 Å². The first-order valence-corrected chi connectivity index (χ1v) is 12.4. The van der Waals surface area contributed by atoms with Crippen LogP contribution in [0.1, 0.15) is 39.0 Å². The van der Waals surface area contributed by atoms with Gasteiger partial charge in [0.1, 0.15) is 0 Å². The van der Waals surface area contributed by atoms with Gasteiger partial charge in [-0.05, 0) is 65.4 Å². The summed E-state index contributed by atoms with van der Waals surface area (Å²) in [5, 5.41) is 15.1. The summed E-state index contributed by atoms with van der Waals surface area (Å²) in [5.41, 5.74) is 6.57. The molecule has 1 saturated heterocycles. The highest BCUT2D eigenvalue weighted by molar-refractivity contribution is 7.09. The molecule has 0 unspecified atom stereocenters. The van der Waals surface area contributed by atoms with Gasteiger partial charge in [-0.2, -0.15) is 0 Å². The monoisotopic (exact) mass is 458 g/mol. The van der Waals surface area contributed by atoms with E-state index in [2.05, 4.69) is 106 Å². The fourth-order valence-electron chi connectivity index (χ4n) is 4.64. The Morgan fingerprint density at radius 1 is 0.909 bits per heavy atom. The molecule has 7 heteroatoms. The van der Waals surface area contributed by atoms with Gasteiger partial charge in [-0.1, -0.05) is 48.0 Å². The van der Waals surface area contributed by atoms with Gasteiger partial charge in [0.2, 0.25) is 0 Å². The Balaban J connectivity index is 1.43. The Morgan fingerprint density at radius 2 is 1.70 bits per heavy atom. The molecule has 0 bridgehead atoms. The summed E-state index contributed by atoms with van der Waals surface area (Å²) < 4.78 is 1.97. The smallest absolute Gasteiger partial charge is 0.173 e. The van der Waals surface area contributed by atoms with E-state index in [1.807, 2.05) is 4.68 Å². The summed E-state index contributed by atoms with van der Waals surface area (Å²) in [5.74, 6) is 0.910. The van der Waals surface area contributed by atoms with Crippen molar-refractivity contribution >= 4 is 17.0 Å². The summed E-state index contributed by atoms with van der Waals surface area (Å²) in [6, 6.07) is 19.7. The first-order chi connectivity index (χ1) is 16.1. The van der Waals surface area contributed by atoms with Crippen LogP contribution in [0.15, 0.2) is 60.0 Å². The van der Waals surface area contributed by atoms with Crippen LogP contribution in [0.4, 0.5) is 5.69 Å². The Morgan fingerprint density at radius 3 is 2.42 bits per heavy atom. The summed E-state index contributed by atoms with van der Waals surface area (Å²) in [7, 11) is 0. The van der Waals surface area contributed by atoms with Gasteiger partial charge in [-0.3, -0.25) is 4.90 Å². The number of hydrogen-bond acceptors (Lipinski definition) is 6. The van der Waals surface area contributed by atoms with Crippen LogP contribution < -0.4 is 4.90 Å². The maximum absolute atomic E-state index is 4.53. The van der Waals surface area contributed by atoms with Gasteiger partial charge < -0.3 is 4.90 Å². The van der Waals surface area contributed by atoms with Gasteiger partial charge in [0.15, 0.2) is 5.82 Å². The molecule has 170 valence electrons. The quantitative estimate of drug-likeness (QED) is 0.422. The van der Waals surface area contributed by atoms with Crippen molar-refractivity contribution in [1.82, 2.24) is 25.1 Å². The third-order valence-corrected chi connectivity index (χ3v) is 7.54. The predicted octanol–water partition coefficient (Wildman–Crippen LogP) is 4.62. The van der Waals surface area contributed by atoms with Crippen molar-refractivity contribution in [2.45, 2.75) is 33.4 Å². The number of aryl methyl sites for hydroxylation is 2. The Bertz CT molecular complexity index is 1190. The SMILES string of the molecule is Cc1ccc([C@@H](c2nnnn2Cc2cccs2)N2CCN(c3cccc(C)c3C)CC2)cc1. The van der Waals surface area contributed by atoms with E-state index in [0.717, 1.165) is 32.0 Å². The van der Waals surface area contributed by atoms with Crippen LogP contribution in [-0.4, -0.2) is 51.3 Å². The molecular formula is C26H30N6S. The van der Waals surface area contributed by atoms with Gasteiger partial charge in [0, 0.05) is 36.7 Å². The fourth-order valence-corrected chi connectivity index (χ4v) is 5.33. The number of piperazine rings is 1. The number of anilines is 1. The molecule has 6 nitrogen and oxygen atoms in total. The van der Waals surface area contributed by atoms with Crippen LogP contribution in [0.25, 0.3) is 0 Å². The second-order valence-electron chi connectivity index (χ2n) is 8.83. The van der Waals surface area contributed by atoms with Crippen molar-refractivity contribution < 1.29 is 0 Å². The molecule has 0 amide bonds. The molecular weight excluding hydrogens is 428 g/mol. The van der Waals surface area contributed by atoms with Crippen LogP contribution in [0, 0.1) is 20.8 Å². The highest BCUT2D eigenvalue weighted by Gasteiger charge is 2.31. The molecule has 1 fully saturated rings. The first kappa shape index (κ1) is 21.8. The van der Waals surface area contributed by atoms with Gasteiger partial charge >= 0.3 is 0 Å². The molecule has 0 saturated carbocycles. The van der Waals surface area contributed by atoms with Gasteiger partial charge in [0.05, 0.1) is 12.6 Å². The molecule has 0 radical (unpaired) electrons. The number of aromatic nitrogens is 4. The van der Waals surface area contributed by atoms with Crippen molar-refractivity contribution in [3.63, 3.8) is 0 Å². The van der Waals surface area contributed by atoms with E-state index >= 15 is 0 Å². The molecule has 33 heavy (non-hydrogen) atoms. The average molecular weight is 459 g/mol. The van der Waals surface area contributed by atoms with Crippen LogP contribution in [0.5, 0.6) is 0 Å². The zero-order chi connectivity index (χ0) is 22.8. The van der Waals surface area contributed by atoms with E-state index in [0.29, 0.717) is 6.54 Å². The Hall–Kier alpha value is -3.03. The van der Waals surface area contributed by atoms with E-state index in [9.17, 15) is 0 Å². The van der Waals surface area contributed by atoms with Crippen molar-refractivity contribution in [3.8, 4) is 0 Å². The molecule has 3 heterocycles. The molecule has 2 aromatic heterocycles. The lowest BCUT2D eigenvalue weighted by Crippen LogP contribution is -2.48. The second-order valence-corrected chi connectivity index (χ2v) is 9.86. The topological polar surface area (TPSA) is 50.1 Å². The number of thiophene rings is 1. The second kappa shape index (κ2) is 9.45. The minimum atomic E-state index is 0.0290. The number of nitrogens with zero attached hydrogens (tertiary/aromatic N) is 6.